The zero-order chi connectivity index (χ0) is 15.7. The lowest BCUT2D eigenvalue weighted by Gasteiger charge is -2.10. The van der Waals surface area contributed by atoms with Crippen molar-refractivity contribution in [3.63, 3.8) is 0 Å². The van der Waals surface area contributed by atoms with Gasteiger partial charge in [-0.1, -0.05) is 12.1 Å². The van der Waals surface area contributed by atoms with Crippen molar-refractivity contribution in [3.05, 3.63) is 40.4 Å². The summed E-state index contributed by atoms with van der Waals surface area (Å²) in [6.45, 7) is 5.84. The van der Waals surface area contributed by atoms with Gasteiger partial charge >= 0.3 is 0 Å². The second-order valence-corrected chi connectivity index (χ2v) is 5.88. The molecule has 0 aliphatic heterocycles. The first-order valence-corrected chi connectivity index (χ1v) is 7.72. The maximum atomic E-state index is 11.9. The van der Waals surface area contributed by atoms with Crippen LogP contribution in [0.3, 0.4) is 0 Å². The van der Waals surface area contributed by atoms with Crippen molar-refractivity contribution < 1.29 is 9.53 Å². The van der Waals surface area contributed by atoms with Gasteiger partial charge in [0.25, 0.3) is 11.9 Å². The molecule has 0 bridgehead atoms. The number of anilines is 1. The van der Waals surface area contributed by atoms with Crippen LogP contribution in [0.5, 0.6) is 5.75 Å². The molecule has 114 valence electrons. The molecule has 3 aromatic rings. The number of fused-ring (bicyclic) bond motifs is 1. The van der Waals surface area contributed by atoms with Gasteiger partial charge in [0.05, 0.1) is 5.69 Å². The van der Waals surface area contributed by atoms with Gasteiger partial charge in [-0.2, -0.15) is 4.98 Å². The van der Waals surface area contributed by atoms with Crippen LogP contribution >= 0.6 is 11.3 Å². The average molecular weight is 316 g/mol. The Labute approximate surface area is 131 Å². The second-order valence-electron chi connectivity index (χ2n) is 5.04. The number of thiazole rings is 1. The monoisotopic (exact) mass is 316 g/mol. The van der Waals surface area contributed by atoms with E-state index in [1.54, 1.807) is 4.52 Å². The van der Waals surface area contributed by atoms with Gasteiger partial charge in [-0.3, -0.25) is 10.1 Å². The lowest BCUT2D eigenvalue weighted by molar-refractivity contribution is -0.118. The molecule has 6 nitrogen and oxygen atoms in total. The molecule has 0 aliphatic rings. The number of aromatic nitrogens is 3. The fourth-order valence-corrected chi connectivity index (χ4v) is 2.83. The number of hydrogen-bond acceptors (Lipinski definition) is 5. The number of ether oxygens (including phenoxy) is 1. The Hall–Kier alpha value is -2.41. The number of carbonyl (C=O) groups is 1. The maximum Gasteiger partial charge on any atom is 0.264 e. The van der Waals surface area contributed by atoms with Crippen LogP contribution in [0.25, 0.3) is 4.96 Å². The molecule has 0 saturated heterocycles. The van der Waals surface area contributed by atoms with E-state index in [1.165, 1.54) is 11.3 Å². The molecule has 0 saturated carbocycles. The van der Waals surface area contributed by atoms with Gasteiger partial charge in [0.15, 0.2) is 6.61 Å². The number of nitrogens with one attached hydrogen (secondary N) is 1. The van der Waals surface area contributed by atoms with Gasteiger partial charge in [-0.25, -0.2) is 4.52 Å². The predicted molar refractivity (Wildman–Crippen MR) is 85.6 cm³/mol. The molecule has 0 unspecified atom stereocenters. The number of rotatable bonds is 4. The summed E-state index contributed by atoms with van der Waals surface area (Å²) >= 11 is 1.48. The number of benzene rings is 1. The van der Waals surface area contributed by atoms with Crippen LogP contribution in [0.4, 0.5) is 5.95 Å². The Bertz CT molecular complexity index is 837. The normalized spacial score (nSPS) is 10.9. The molecule has 0 aliphatic carbocycles. The molecular weight excluding hydrogens is 300 g/mol. The van der Waals surface area contributed by atoms with E-state index in [1.807, 2.05) is 44.4 Å². The van der Waals surface area contributed by atoms with E-state index >= 15 is 0 Å². The third-order valence-electron chi connectivity index (χ3n) is 3.41. The van der Waals surface area contributed by atoms with Crippen molar-refractivity contribution in [2.24, 2.45) is 0 Å². The number of amides is 1. The molecule has 2 aromatic heterocycles. The van der Waals surface area contributed by atoms with Crippen LogP contribution in [-0.2, 0) is 4.79 Å². The highest BCUT2D eigenvalue weighted by Gasteiger charge is 2.11. The molecular formula is C15H16N4O2S. The summed E-state index contributed by atoms with van der Waals surface area (Å²) in [5.41, 5.74) is 3.15. The average Bonchev–Trinajstić information content (AvgIpc) is 3.03. The van der Waals surface area contributed by atoms with E-state index in [9.17, 15) is 4.79 Å². The summed E-state index contributed by atoms with van der Waals surface area (Å²) in [5.74, 6) is 0.728. The highest BCUT2D eigenvalue weighted by molar-refractivity contribution is 7.15. The van der Waals surface area contributed by atoms with Gasteiger partial charge in [0, 0.05) is 5.38 Å². The number of hydrogen-bond donors (Lipinski definition) is 1. The van der Waals surface area contributed by atoms with Crippen molar-refractivity contribution in [1.82, 2.24) is 14.6 Å². The summed E-state index contributed by atoms with van der Waals surface area (Å²) < 4.78 is 7.26. The smallest absolute Gasteiger partial charge is 0.264 e. The van der Waals surface area contributed by atoms with Gasteiger partial charge in [-0.05, 0) is 38.0 Å². The van der Waals surface area contributed by atoms with Crippen LogP contribution in [0.1, 0.15) is 16.8 Å². The first kappa shape index (κ1) is 14.5. The van der Waals surface area contributed by atoms with Crippen LogP contribution in [0, 0.1) is 20.8 Å². The van der Waals surface area contributed by atoms with Crippen LogP contribution in [0.15, 0.2) is 23.6 Å². The molecule has 7 heteroatoms. The lowest BCUT2D eigenvalue weighted by Crippen LogP contribution is -2.21. The molecule has 1 N–H and O–H groups in total. The minimum absolute atomic E-state index is 0.0733. The highest BCUT2D eigenvalue weighted by atomic mass is 32.1. The van der Waals surface area contributed by atoms with Crippen molar-refractivity contribution in [1.29, 1.82) is 0 Å². The minimum atomic E-state index is -0.281. The zero-order valence-corrected chi connectivity index (χ0v) is 13.4. The minimum Gasteiger partial charge on any atom is -0.483 e. The molecule has 22 heavy (non-hydrogen) atoms. The van der Waals surface area contributed by atoms with E-state index < -0.39 is 0 Å². The van der Waals surface area contributed by atoms with Gasteiger partial charge < -0.3 is 4.74 Å². The Balaban J connectivity index is 1.63. The van der Waals surface area contributed by atoms with Crippen molar-refractivity contribution >= 4 is 28.2 Å². The molecule has 3 rings (SSSR count). The summed E-state index contributed by atoms with van der Waals surface area (Å²) in [6.07, 6.45) is 0. The summed E-state index contributed by atoms with van der Waals surface area (Å²) in [4.78, 5) is 16.9. The van der Waals surface area contributed by atoms with E-state index in [4.69, 9.17) is 4.74 Å². The number of carbonyl (C=O) groups excluding carboxylic acids is 1. The molecule has 0 fully saturated rings. The fraction of sp³-hybridized carbons (Fsp3) is 0.267. The molecule has 2 heterocycles. The Kier molecular flexibility index (Phi) is 3.81. The number of nitrogens with zero attached hydrogens (tertiary/aromatic N) is 3. The van der Waals surface area contributed by atoms with Gasteiger partial charge in [-0.15, -0.1) is 16.4 Å². The van der Waals surface area contributed by atoms with Crippen molar-refractivity contribution in [3.8, 4) is 5.75 Å². The summed E-state index contributed by atoms with van der Waals surface area (Å²) in [6, 6.07) is 5.76. The second kappa shape index (κ2) is 5.76. The first-order chi connectivity index (χ1) is 10.5. The third-order valence-corrected chi connectivity index (χ3v) is 4.35. The topological polar surface area (TPSA) is 68.5 Å². The fourth-order valence-electron chi connectivity index (χ4n) is 2.03. The Morgan fingerprint density at radius 1 is 1.36 bits per heavy atom. The van der Waals surface area contributed by atoms with Gasteiger partial charge in [0.1, 0.15) is 5.75 Å². The quantitative estimate of drug-likeness (QED) is 0.803. The van der Waals surface area contributed by atoms with Crippen LogP contribution in [-0.4, -0.2) is 27.1 Å². The van der Waals surface area contributed by atoms with Gasteiger partial charge in [0.2, 0.25) is 4.96 Å². The SMILES string of the molecule is Cc1cccc(OCC(=O)Nc2nc3scc(C)n3n2)c1C. The van der Waals surface area contributed by atoms with E-state index in [0.717, 1.165) is 21.8 Å². The van der Waals surface area contributed by atoms with Crippen LogP contribution in [0.2, 0.25) is 0 Å². The molecule has 0 spiro atoms. The summed E-state index contributed by atoms with van der Waals surface area (Å²) in [5, 5.41) is 8.84. The van der Waals surface area contributed by atoms with E-state index in [2.05, 4.69) is 15.4 Å². The highest BCUT2D eigenvalue weighted by Crippen LogP contribution is 2.20. The molecule has 0 atom stereocenters. The third kappa shape index (κ3) is 2.80. The first-order valence-electron chi connectivity index (χ1n) is 6.84. The van der Waals surface area contributed by atoms with E-state index in [-0.39, 0.29) is 12.5 Å². The maximum absolute atomic E-state index is 11.9. The Morgan fingerprint density at radius 2 is 2.18 bits per heavy atom. The lowest BCUT2D eigenvalue weighted by atomic mass is 10.1. The molecule has 1 aromatic carbocycles. The zero-order valence-electron chi connectivity index (χ0n) is 12.6. The molecule has 1 amide bonds. The summed E-state index contributed by atoms with van der Waals surface area (Å²) in [7, 11) is 0. The molecule has 0 radical (unpaired) electrons. The van der Waals surface area contributed by atoms with Crippen LogP contribution < -0.4 is 10.1 Å². The van der Waals surface area contributed by atoms with Crippen molar-refractivity contribution in [2.75, 3.05) is 11.9 Å². The predicted octanol–water partition coefficient (Wildman–Crippen LogP) is 2.73. The standard InChI is InChI=1S/C15H16N4O2S/c1-9-5-4-6-12(11(9)3)21-7-13(20)16-14-17-15-19(18-14)10(2)8-22-15/h4-6,8H,7H2,1-3H3,(H,16,18,20). The Morgan fingerprint density at radius 3 is 2.95 bits per heavy atom. The van der Waals surface area contributed by atoms with Crippen molar-refractivity contribution in [2.45, 2.75) is 20.8 Å². The largest absolute Gasteiger partial charge is 0.483 e. The number of aryl methyl sites for hydroxylation is 2. The van der Waals surface area contributed by atoms with E-state index in [0.29, 0.717) is 11.7 Å².